The maximum Gasteiger partial charge on any atom is 0.247 e. The molecule has 0 bridgehead atoms. The molecule has 0 amide bonds. The van der Waals surface area contributed by atoms with Crippen LogP contribution in [0.3, 0.4) is 0 Å². The normalized spacial score (nSPS) is 19.8. The molecule has 1 unspecified atom stereocenters. The van der Waals surface area contributed by atoms with Gasteiger partial charge in [0, 0.05) is 12.1 Å². The Morgan fingerprint density at radius 3 is 3.10 bits per heavy atom. The van der Waals surface area contributed by atoms with E-state index in [4.69, 9.17) is 10.2 Å². The number of benzene rings is 1. The second-order valence-electron chi connectivity index (χ2n) is 5.85. The smallest absolute Gasteiger partial charge is 0.247 e. The Morgan fingerprint density at radius 1 is 1.38 bits per heavy atom. The summed E-state index contributed by atoms with van der Waals surface area (Å²) in [5, 5.41) is 8.34. The SMILES string of the molecule is Cc1cccc(-c2nnc(CN3CCCC(CN)C3)o2)c1. The number of nitrogens with two attached hydrogens (primary N) is 1. The topological polar surface area (TPSA) is 68.2 Å². The Bertz CT molecular complexity index is 595. The Balaban J connectivity index is 1.68. The van der Waals surface area contributed by atoms with Crippen LogP contribution >= 0.6 is 0 Å². The van der Waals surface area contributed by atoms with Crippen LogP contribution in [-0.2, 0) is 6.54 Å². The maximum absolute atomic E-state index is 5.80. The van der Waals surface area contributed by atoms with E-state index in [2.05, 4.69) is 34.2 Å². The molecule has 0 aliphatic carbocycles. The average Bonchev–Trinajstić information content (AvgIpc) is 2.96. The first-order valence-corrected chi connectivity index (χ1v) is 7.56. The highest BCUT2D eigenvalue weighted by molar-refractivity contribution is 5.53. The van der Waals surface area contributed by atoms with Gasteiger partial charge in [0.25, 0.3) is 0 Å². The number of likely N-dealkylation sites (tertiary alicyclic amines) is 1. The first-order chi connectivity index (χ1) is 10.2. The molecule has 1 aromatic carbocycles. The molecular formula is C16H22N4O. The molecule has 0 saturated carbocycles. The number of aryl methyl sites for hydroxylation is 1. The van der Waals surface area contributed by atoms with Crippen molar-refractivity contribution in [1.82, 2.24) is 15.1 Å². The minimum atomic E-state index is 0.595. The Labute approximate surface area is 125 Å². The molecular weight excluding hydrogens is 264 g/mol. The lowest BCUT2D eigenvalue weighted by molar-refractivity contribution is 0.158. The van der Waals surface area contributed by atoms with E-state index in [1.165, 1.54) is 18.4 Å². The first kappa shape index (κ1) is 14.2. The van der Waals surface area contributed by atoms with Crippen molar-refractivity contribution in [3.63, 3.8) is 0 Å². The van der Waals surface area contributed by atoms with Crippen molar-refractivity contribution in [2.24, 2.45) is 11.7 Å². The van der Waals surface area contributed by atoms with Gasteiger partial charge >= 0.3 is 0 Å². The van der Waals surface area contributed by atoms with Gasteiger partial charge in [-0.15, -0.1) is 10.2 Å². The van der Waals surface area contributed by atoms with E-state index in [9.17, 15) is 0 Å². The number of nitrogens with zero attached hydrogens (tertiary/aromatic N) is 3. The Hall–Kier alpha value is -1.72. The van der Waals surface area contributed by atoms with Gasteiger partial charge in [-0.3, -0.25) is 4.90 Å². The molecule has 1 aromatic heterocycles. The third-order valence-electron chi connectivity index (χ3n) is 4.03. The van der Waals surface area contributed by atoms with Gasteiger partial charge in [0.15, 0.2) is 0 Å². The lowest BCUT2D eigenvalue weighted by Gasteiger charge is -2.30. The summed E-state index contributed by atoms with van der Waals surface area (Å²) in [6.45, 7) is 5.64. The van der Waals surface area contributed by atoms with Crippen LogP contribution in [0.15, 0.2) is 28.7 Å². The lowest BCUT2D eigenvalue weighted by atomic mass is 9.98. The Kier molecular flexibility index (Phi) is 4.31. The summed E-state index contributed by atoms with van der Waals surface area (Å²) in [5.41, 5.74) is 7.94. The minimum Gasteiger partial charge on any atom is -0.419 e. The molecule has 3 rings (SSSR count). The zero-order valence-electron chi connectivity index (χ0n) is 12.5. The molecule has 1 fully saturated rings. The molecule has 1 aliphatic rings. The molecule has 5 nitrogen and oxygen atoms in total. The molecule has 0 spiro atoms. The first-order valence-electron chi connectivity index (χ1n) is 7.56. The minimum absolute atomic E-state index is 0.595. The van der Waals surface area contributed by atoms with Gasteiger partial charge in [-0.05, 0) is 50.9 Å². The molecule has 1 saturated heterocycles. The molecule has 1 aliphatic heterocycles. The van der Waals surface area contributed by atoms with Crippen LogP contribution < -0.4 is 5.73 Å². The van der Waals surface area contributed by atoms with Gasteiger partial charge in [0.1, 0.15) is 0 Å². The van der Waals surface area contributed by atoms with Crippen molar-refractivity contribution in [2.45, 2.75) is 26.3 Å². The van der Waals surface area contributed by atoms with E-state index >= 15 is 0 Å². The summed E-state index contributed by atoms with van der Waals surface area (Å²) in [5.74, 6) is 1.88. The summed E-state index contributed by atoms with van der Waals surface area (Å²) >= 11 is 0. The van der Waals surface area contributed by atoms with E-state index < -0.39 is 0 Å². The zero-order valence-corrected chi connectivity index (χ0v) is 12.5. The van der Waals surface area contributed by atoms with Gasteiger partial charge in [-0.25, -0.2) is 0 Å². The molecule has 2 N–H and O–H groups in total. The fraction of sp³-hybridized carbons (Fsp3) is 0.500. The third kappa shape index (κ3) is 3.49. The van der Waals surface area contributed by atoms with Crippen LogP contribution in [-0.4, -0.2) is 34.7 Å². The van der Waals surface area contributed by atoms with Crippen LogP contribution in [0.2, 0.25) is 0 Å². The highest BCUT2D eigenvalue weighted by Crippen LogP contribution is 2.21. The fourth-order valence-corrected chi connectivity index (χ4v) is 2.89. The summed E-state index contributed by atoms with van der Waals surface area (Å²) in [4.78, 5) is 2.36. The fourth-order valence-electron chi connectivity index (χ4n) is 2.89. The van der Waals surface area contributed by atoms with E-state index in [0.717, 1.165) is 31.7 Å². The van der Waals surface area contributed by atoms with Crippen molar-refractivity contribution in [3.05, 3.63) is 35.7 Å². The Morgan fingerprint density at radius 2 is 2.29 bits per heavy atom. The second kappa shape index (κ2) is 6.37. The van der Waals surface area contributed by atoms with Crippen molar-refractivity contribution in [1.29, 1.82) is 0 Å². The van der Waals surface area contributed by atoms with Gasteiger partial charge < -0.3 is 10.2 Å². The zero-order chi connectivity index (χ0) is 14.7. The van der Waals surface area contributed by atoms with Crippen LogP contribution in [0.4, 0.5) is 0 Å². The van der Waals surface area contributed by atoms with Crippen LogP contribution in [0.1, 0.15) is 24.3 Å². The van der Waals surface area contributed by atoms with Crippen LogP contribution in [0.5, 0.6) is 0 Å². The maximum atomic E-state index is 5.80. The number of aromatic nitrogens is 2. The molecule has 112 valence electrons. The quantitative estimate of drug-likeness (QED) is 0.933. The highest BCUT2D eigenvalue weighted by atomic mass is 16.4. The summed E-state index contributed by atoms with van der Waals surface area (Å²) in [7, 11) is 0. The number of hydrogen-bond acceptors (Lipinski definition) is 5. The highest BCUT2D eigenvalue weighted by Gasteiger charge is 2.20. The van der Waals surface area contributed by atoms with E-state index in [1.807, 2.05) is 12.1 Å². The number of piperidine rings is 1. The molecule has 5 heteroatoms. The van der Waals surface area contributed by atoms with Gasteiger partial charge in [-0.1, -0.05) is 17.7 Å². The van der Waals surface area contributed by atoms with Crippen molar-refractivity contribution < 1.29 is 4.42 Å². The predicted molar refractivity (Wildman–Crippen MR) is 81.5 cm³/mol. The van der Waals surface area contributed by atoms with Gasteiger partial charge in [0.05, 0.1) is 6.54 Å². The number of rotatable bonds is 4. The molecule has 21 heavy (non-hydrogen) atoms. The molecule has 2 aromatic rings. The number of hydrogen-bond donors (Lipinski definition) is 1. The lowest BCUT2D eigenvalue weighted by Crippen LogP contribution is -2.37. The second-order valence-corrected chi connectivity index (χ2v) is 5.85. The van der Waals surface area contributed by atoms with Gasteiger partial charge in [0.2, 0.25) is 11.8 Å². The van der Waals surface area contributed by atoms with E-state index in [-0.39, 0.29) is 0 Å². The largest absolute Gasteiger partial charge is 0.419 e. The van der Waals surface area contributed by atoms with Gasteiger partial charge in [-0.2, -0.15) is 0 Å². The summed E-state index contributed by atoms with van der Waals surface area (Å²) < 4.78 is 5.80. The van der Waals surface area contributed by atoms with Crippen molar-refractivity contribution in [2.75, 3.05) is 19.6 Å². The summed E-state index contributed by atoms with van der Waals surface area (Å²) in [6.07, 6.45) is 2.42. The van der Waals surface area contributed by atoms with Crippen LogP contribution in [0.25, 0.3) is 11.5 Å². The molecule has 0 radical (unpaired) electrons. The standard InChI is InChI=1S/C16H22N4O/c1-12-4-2-6-14(8-12)16-19-18-15(21-16)11-20-7-3-5-13(9-17)10-20/h2,4,6,8,13H,3,5,7,9-11,17H2,1H3. The van der Waals surface area contributed by atoms with E-state index in [1.54, 1.807) is 0 Å². The average molecular weight is 286 g/mol. The van der Waals surface area contributed by atoms with E-state index in [0.29, 0.717) is 17.7 Å². The molecule has 2 heterocycles. The van der Waals surface area contributed by atoms with Crippen molar-refractivity contribution >= 4 is 0 Å². The monoisotopic (exact) mass is 286 g/mol. The predicted octanol–water partition coefficient (Wildman–Crippen LogP) is 2.22. The summed E-state index contributed by atoms with van der Waals surface area (Å²) in [6, 6.07) is 8.12. The van der Waals surface area contributed by atoms with Crippen molar-refractivity contribution in [3.8, 4) is 11.5 Å². The van der Waals surface area contributed by atoms with Crippen LogP contribution in [0, 0.1) is 12.8 Å². The third-order valence-corrected chi connectivity index (χ3v) is 4.03. The molecule has 1 atom stereocenters.